The van der Waals surface area contributed by atoms with Crippen LogP contribution in [0.3, 0.4) is 0 Å². The highest BCUT2D eigenvalue weighted by molar-refractivity contribution is 5.89. The Hall–Kier alpha value is -2.32. The SMILES string of the molecule is Cc1c(N2CCC(N)C2)c(F)c(N)n2c(=O)c(C(=O)O)cc(C3CC3)c12.Cl. The van der Waals surface area contributed by atoms with Crippen LogP contribution in [-0.2, 0) is 0 Å². The lowest BCUT2D eigenvalue weighted by Gasteiger charge is -2.25. The second-order valence-electron chi connectivity index (χ2n) is 7.25. The number of carbonyl (C=O) groups is 1. The molecule has 9 heteroatoms. The van der Waals surface area contributed by atoms with E-state index < -0.39 is 17.3 Å². The Morgan fingerprint density at radius 1 is 1.33 bits per heavy atom. The van der Waals surface area contributed by atoms with Crippen molar-refractivity contribution in [2.45, 2.75) is 38.1 Å². The maximum Gasteiger partial charge on any atom is 0.341 e. The summed E-state index contributed by atoms with van der Waals surface area (Å²) in [5, 5.41) is 9.37. The van der Waals surface area contributed by atoms with Crippen molar-refractivity contribution in [3.05, 3.63) is 38.9 Å². The molecule has 0 aromatic carbocycles. The van der Waals surface area contributed by atoms with E-state index in [9.17, 15) is 14.7 Å². The second-order valence-corrected chi connectivity index (χ2v) is 7.25. The Morgan fingerprint density at radius 3 is 2.52 bits per heavy atom. The van der Waals surface area contributed by atoms with E-state index in [0.29, 0.717) is 29.9 Å². The first-order chi connectivity index (χ1) is 12.3. The molecule has 1 saturated heterocycles. The van der Waals surface area contributed by atoms with Crippen molar-refractivity contribution in [3.8, 4) is 0 Å². The van der Waals surface area contributed by atoms with Crippen LogP contribution in [0.4, 0.5) is 15.9 Å². The lowest BCUT2D eigenvalue weighted by molar-refractivity contribution is 0.0694. The molecular formula is C18H22ClFN4O3. The van der Waals surface area contributed by atoms with Crippen molar-refractivity contribution in [2.75, 3.05) is 23.7 Å². The van der Waals surface area contributed by atoms with E-state index in [1.807, 2.05) is 4.90 Å². The van der Waals surface area contributed by atoms with Crippen molar-refractivity contribution in [2.24, 2.45) is 5.73 Å². The van der Waals surface area contributed by atoms with Crippen molar-refractivity contribution in [1.82, 2.24) is 4.40 Å². The minimum Gasteiger partial charge on any atom is -0.477 e. The lowest BCUT2D eigenvalue weighted by Crippen LogP contribution is -2.30. The van der Waals surface area contributed by atoms with Gasteiger partial charge in [-0.15, -0.1) is 12.4 Å². The van der Waals surface area contributed by atoms with Gasteiger partial charge in [-0.05, 0) is 43.7 Å². The Bertz CT molecular complexity index is 1000. The van der Waals surface area contributed by atoms with Crippen LogP contribution in [0.2, 0.25) is 0 Å². The van der Waals surface area contributed by atoms with Gasteiger partial charge in [0, 0.05) is 24.7 Å². The number of rotatable bonds is 3. The fourth-order valence-electron chi connectivity index (χ4n) is 3.97. The summed E-state index contributed by atoms with van der Waals surface area (Å²) in [6.07, 6.45) is 2.57. The molecule has 2 aliphatic rings. The fraction of sp³-hybridized carbons (Fsp3) is 0.444. The molecule has 3 heterocycles. The van der Waals surface area contributed by atoms with Crippen molar-refractivity contribution >= 4 is 35.4 Å². The Labute approximate surface area is 161 Å². The first-order valence-corrected chi connectivity index (χ1v) is 8.72. The molecule has 146 valence electrons. The molecule has 1 saturated carbocycles. The maximum absolute atomic E-state index is 15.1. The maximum atomic E-state index is 15.1. The van der Waals surface area contributed by atoms with Crippen LogP contribution < -0.4 is 21.9 Å². The third kappa shape index (κ3) is 2.93. The van der Waals surface area contributed by atoms with Gasteiger partial charge in [-0.3, -0.25) is 9.20 Å². The van der Waals surface area contributed by atoms with E-state index >= 15 is 4.39 Å². The fourth-order valence-corrected chi connectivity index (χ4v) is 3.97. The molecule has 27 heavy (non-hydrogen) atoms. The van der Waals surface area contributed by atoms with Gasteiger partial charge in [-0.2, -0.15) is 0 Å². The third-order valence-electron chi connectivity index (χ3n) is 5.40. The number of aryl methyl sites for hydroxylation is 1. The number of carboxylic acid groups (broad SMARTS) is 1. The quantitative estimate of drug-likeness (QED) is 0.729. The van der Waals surface area contributed by atoms with Gasteiger partial charge in [0.1, 0.15) is 11.4 Å². The van der Waals surface area contributed by atoms with E-state index in [-0.39, 0.29) is 35.7 Å². The molecule has 2 aromatic heterocycles. The number of halogens is 2. The lowest BCUT2D eigenvalue weighted by atomic mass is 10.0. The van der Waals surface area contributed by atoms with Crippen LogP contribution in [0.5, 0.6) is 0 Å². The minimum atomic E-state index is -1.33. The first-order valence-electron chi connectivity index (χ1n) is 8.72. The van der Waals surface area contributed by atoms with E-state index in [2.05, 4.69) is 0 Å². The van der Waals surface area contributed by atoms with Crippen LogP contribution >= 0.6 is 12.4 Å². The van der Waals surface area contributed by atoms with E-state index in [1.165, 1.54) is 6.07 Å². The summed E-state index contributed by atoms with van der Waals surface area (Å²) in [6, 6.07) is 1.40. The average molecular weight is 397 g/mol. The molecule has 0 bridgehead atoms. The van der Waals surface area contributed by atoms with Crippen LogP contribution in [0.25, 0.3) is 5.52 Å². The molecule has 5 N–H and O–H groups in total. The standard InChI is InChI=1S/C18H21FN4O3.ClH/c1-8-14-11(9-2-3-9)6-12(18(25)26)17(24)23(14)16(21)13(19)15(8)22-5-4-10(20)7-22;/h6,9-10H,2-5,7,20-21H2,1H3,(H,25,26);1H. The monoisotopic (exact) mass is 396 g/mol. The summed E-state index contributed by atoms with van der Waals surface area (Å²) >= 11 is 0. The number of aromatic carboxylic acids is 1. The molecule has 1 aliphatic heterocycles. The van der Waals surface area contributed by atoms with Gasteiger partial charge in [-0.25, -0.2) is 9.18 Å². The predicted molar refractivity (Wildman–Crippen MR) is 104 cm³/mol. The van der Waals surface area contributed by atoms with Gasteiger partial charge >= 0.3 is 5.97 Å². The molecule has 2 aromatic rings. The summed E-state index contributed by atoms with van der Waals surface area (Å²) in [5.41, 5.74) is 13.0. The molecule has 2 fully saturated rings. The number of pyridine rings is 2. The Balaban J connectivity index is 0.00000210. The highest BCUT2D eigenvalue weighted by atomic mass is 35.5. The third-order valence-corrected chi connectivity index (χ3v) is 5.40. The van der Waals surface area contributed by atoms with Gasteiger partial charge < -0.3 is 21.5 Å². The van der Waals surface area contributed by atoms with Crippen LogP contribution in [0.15, 0.2) is 10.9 Å². The molecule has 1 unspecified atom stereocenters. The van der Waals surface area contributed by atoms with E-state index in [0.717, 1.165) is 29.2 Å². The highest BCUT2D eigenvalue weighted by Crippen LogP contribution is 2.44. The molecule has 7 nitrogen and oxygen atoms in total. The van der Waals surface area contributed by atoms with E-state index in [1.54, 1.807) is 6.92 Å². The number of carboxylic acids is 1. The predicted octanol–water partition coefficient (Wildman–Crippen LogP) is 1.86. The van der Waals surface area contributed by atoms with Crippen LogP contribution in [0.1, 0.15) is 46.7 Å². The van der Waals surface area contributed by atoms with Crippen LogP contribution in [-0.4, -0.2) is 34.6 Å². The number of nitrogen functional groups attached to an aromatic ring is 1. The molecular weight excluding hydrogens is 375 g/mol. The number of nitrogens with two attached hydrogens (primary N) is 2. The van der Waals surface area contributed by atoms with E-state index in [4.69, 9.17) is 11.5 Å². The molecule has 0 radical (unpaired) electrons. The van der Waals surface area contributed by atoms with Crippen molar-refractivity contribution in [1.29, 1.82) is 0 Å². The molecule has 4 rings (SSSR count). The Morgan fingerprint density at radius 2 is 2.00 bits per heavy atom. The number of anilines is 2. The average Bonchev–Trinajstić information content (AvgIpc) is 3.34. The minimum absolute atomic E-state index is 0. The van der Waals surface area contributed by atoms with Crippen LogP contribution in [0, 0.1) is 12.7 Å². The van der Waals surface area contributed by atoms with Crippen molar-refractivity contribution in [3.63, 3.8) is 0 Å². The first kappa shape index (κ1) is 19.4. The summed E-state index contributed by atoms with van der Waals surface area (Å²) < 4.78 is 16.1. The van der Waals surface area contributed by atoms with Gasteiger partial charge in [0.25, 0.3) is 5.56 Å². The number of nitrogens with zero attached hydrogens (tertiary/aromatic N) is 2. The number of hydrogen-bond acceptors (Lipinski definition) is 5. The summed E-state index contributed by atoms with van der Waals surface area (Å²) in [5.74, 6) is -2.22. The normalized spacial score (nSPS) is 19.4. The zero-order chi connectivity index (χ0) is 18.7. The molecule has 0 spiro atoms. The summed E-state index contributed by atoms with van der Waals surface area (Å²) in [6.45, 7) is 2.89. The second kappa shape index (κ2) is 6.69. The number of aromatic nitrogens is 1. The van der Waals surface area contributed by atoms with Gasteiger partial charge in [0.15, 0.2) is 5.82 Å². The topological polar surface area (TPSA) is 114 Å². The smallest absolute Gasteiger partial charge is 0.341 e. The molecule has 0 amide bonds. The number of fused-ring (bicyclic) bond motifs is 1. The van der Waals surface area contributed by atoms with Gasteiger partial charge in [0.05, 0.1) is 11.2 Å². The zero-order valence-electron chi connectivity index (χ0n) is 14.9. The van der Waals surface area contributed by atoms with Gasteiger partial charge in [0.2, 0.25) is 0 Å². The van der Waals surface area contributed by atoms with Gasteiger partial charge in [-0.1, -0.05) is 0 Å². The summed E-state index contributed by atoms with van der Waals surface area (Å²) in [4.78, 5) is 26.0. The Kier molecular flexibility index (Phi) is 4.81. The molecule has 1 atom stereocenters. The largest absolute Gasteiger partial charge is 0.477 e. The van der Waals surface area contributed by atoms with Crippen molar-refractivity contribution < 1.29 is 14.3 Å². The summed E-state index contributed by atoms with van der Waals surface area (Å²) in [7, 11) is 0. The molecule has 1 aliphatic carbocycles. The number of hydrogen-bond donors (Lipinski definition) is 3. The highest BCUT2D eigenvalue weighted by Gasteiger charge is 2.33. The zero-order valence-corrected chi connectivity index (χ0v) is 15.7.